The van der Waals surface area contributed by atoms with Crippen LogP contribution in [-0.4, -0.2) is 21.4 Å². The highest BCUT2D eigenvalue weighted by atomic mass is 35.5. The van der Waals surface area contributed by atoms with Crippen molar-refractivity contribution < 1.29 is 0 Å². The quantitative estimate of drug-likeness (QED) is 0.837. The van der Waals surface area contributed by atoms with E-state index < -0.39 is 0 Å². The lowest BCUT2D eigenvalue weighted by Crippen LogP contribution is -2.34. The van der Waals surface area contributed by atoms with Crippen molar-refractivity contribution in [3.63, 3.8) is 0 Å². The number of nitrogens with one attached hydrogen (secondary N) is 1. The molecule has 2 aromatic heterocycles. The molecule has 1 atom stereocenters. The van der Waals surface area contributed by atoms with Crippen LogP contribution < -0.4 is 5.32 Å². The molecule has 0 spiro atoms. The Bertz CT molecular complexity index is 499. The summed E-state index contributed by atoms with van der Waals surface area (Å²) >= 11 is 7.49. The lowest BCUT2D eigenvalue weighted by Gasteiger charge is -2.29. The number of halogens is 1. The second-order valence-electron chi connectivity index (χ2n) is 4.34. The third kappa shape index (κ3) is 2.69. The molecule has 1 unspecified atom stereocenters. The number of rotatable bonds is 5. The summed E-state index contributed by atoms with van der Waals surface area (Å²) in [6, 6.07) is 2.05. The number of fused-ring (bicyclic) bond motifs is 1. The van der Waals surface area contributed by atoms with Crippen molar-refractivity contribution in [1.29, 1.82) is 0 Å². The van der Waals surface area contributed by atoms with Crippen LogP contribution in [0.1, 0.15) is 26.7 Å². The Labute approximate surface area is 110 Å². The Morgan fingerprint density at radius 1 is 1.47 bits per heavy atom. The minimum atomic E-state index is -0.00896. The van der Waals surface area contributed by atoms with Crippen LogP contribution in [0, 0.1) is 0 Å². The van der Waals surface area contributed by atoms with Crippen LogP contribution in [-0.2, 0) is 0 Å². The van der Waals surface area contributed by atoms with Gasteiger partial charge in [0.2, 0.25) is 0 Å². The maximum atomic E-state index is 5.86. The van der Waals surface area contributed by atoms with Crippen molar-refractivity contribution in [2.45, 2.75) is 32.2 Å². The number of aromatic nitrogens is 2. The molecule has 0 aliphatic rings. The fourth-order valence-corrected chi connectivity index (χ4v) is 2.86. The van der Waals surface area contributed by atoms with Gasteiger partial charge in [-0.05, 0) is 31.2 Å². The maximum Gasteiger partial charge on any atom is 0.138 e. The summed E-state index contributed by atoms with van der Waals surface area (Å²) < 4.78 is 0. The predicted molar refractivity (Wildman–Crippen MR) is 75.1 cm³/mol. The minimum absolute atomic E-state index is 0.00896. The van der Waals surface area contributed by atoms with Crippen molar-refractivity contribution in [3.05, 3.63) is 17.8 Å². The third-order valence-corrected chi connectivity index (χ3v) is 4.12. The van der Waals surface area contributed by atoms with Gasteiger partial charge in [-0.2, -0.15) is 0 Å². The van der Waals surface area contributed by atoms with Crippen LogP contribution in [0.15, 0.2) is 17.8 Å². The number of alkyl halides is 1. The second kappa shape index (κ2) is 5.19. The van der Waals surface area contributed by atoms with Crippen molar-refractivity contribution in [2.75, 3.05) is 11.2 Å². The van der Waals surface area contributed by atoms with Crippen LogP contribution in [0.3, 0.4) is 0 Å². The summed E-state index contributed by atoms with van der Waals surface area (Å²) in [5.74, 6) is 1.56. The number of hydrogen-bond acceptors (Lipinski definition) is 4. The molecular weight excluding hydrogens is 254 g/mol. The number of hydrogen-bond donors (Lipinski definition) is 1. The van der Waals surface area contributed by atoms with Crippen LogP contribution >= 0.6 is 22.9 Å². The van der Waals surface area contributed by atoms with E-state index in [1.54, 1.807) is 17.7 Å². The molecule has 0 aliphatic heterocycles. The van der Waals surface area contributed by atoms with Gasteiger partial charge in [0.05, 0.1) is 5.39 Å². The predicted octanol–water partition coefficient (Wildman–Crippen LogP) is 3.90. The lowest BCUT2D eigenvalue weighted by molar-refractivity contribution is 0.480. The zero-order valence-electron chi connectivity index (χ0n) is 10.0. The van der Waals surface area contributed by atoms with Gasteiger partial charge in [-0.25, -0.2) is 9.97 Å². The van der Waals surface area contributed by atoms with E-state index >= 15 is 0 Å². The smallest absolute Gasteiger partial charge is 0.138 e. The molecular formula is C12H16ClN3S. The number of nitrogens with zero attached hydrogens (tertiary/aromatic N) is 2. The van der Waals surface area contributed by atoms with E-state index in [2.05, 4.69) is 35.2 Å². The first-order valence-electron chi connectivity index (χ1n) is 5.71. The average molecular weight is 270 g/mol. The molecule has 0 radical (unpaired) electrons. The molecule has 0 amide bonds. The van der Waals surface area contributed by atoms with E-state index in [-0.39, 0.29) is 5.54 Å². The van der Waals surface area contributed by atoms with Gasteiger partial charge < -0.3 is 5.32 Å². The van der Waals surface area contributed by atoms with Crippen molar-refractivity contribution in [3.8, 4) is 0 Å². The molecule has 5 heteroatoms. The molecule has 0 fully saturated rings. The number of thiophene rings is 1. The van der Waals surface area contributed by atoms with Crippen LogP contribution in [0.5, 0.6) is 0 Å². The van der Waals surface area contributed by atoms with E-state index in [0.717, 1.165) is 28.9 Å². The van der Waals surface area contributed by atoms with E-state index in [0.29, 0.717) is 5.88 Å². The molecule has 0 bridgehead atoms. The minimum Gasteiger partial charge on any atom is -0.364 e. The highest BCUT2D eigenvalue weighted by Crippen LogP contribution is 2.28. The molecule has 1 N–H and O–H groups in total. The highest BCUT2D eigenvalue weighted by molar-refractivity contribution is 7.16. The Balaban J connectivity index is 2.31. The molecule has 0 aliphatic carbocycles. The largest absolute Gasteiger partial charge is 0.364 e. The van der Waals surface area contributed by atoms with Gasteiger partial charge in [0, 0.05) is 11.4 Å². The molecule has 17 heavy (non-hydrogen) atoms. The first kappa shape index (κ1) is 12.6. The van der Waals surface area contributed by atoms with E-state index in [1.807, 2.05) is 5.38 Å². The van der Waals surface area contributed by atoms with E-state index in [4.69, 9.17) is 11.6 Å². The first-order valence-corrected chi connectivity index (χ1v) is 7.12. The molecule has 2 heterocycles. The van der Waals surface area contributed by atoms with Gasteiger partial charge in [-0.1, -0.05) is 6.92 Å². The summed E-state index contributed by atoms with van der Waals surface area (Å²) in [6.07, 6.45) is 3.54. The van der Waals surface area contributed by atoms with Gasteiger partial charge in [0.1, 0.15) is 17.0 Å². The fourth-order valence-electron chi connectivity index (χ4n) is 1.71. The summed E-state index contributed by atoms with van der Waals surface area (Å²) in [5, 5.41) is 6.63. The molecule has 0 saturated carbocycles. The second-order valence-corrected chi connectivity index (χ2v) is 5.61. The van der Waals surface area contributed by atoms with Gasteiger partial charge in [0.15, 0.2) is 0 Å². The molecule has 0 aromatic carbocycles. The Morgan fingerprint density at radius 2 is 2.29 bits per heavy atom. The summed E-state index contributed by atoms with van der Waals surface area (Å²) in [7, 11) is 0. The summed E-state index contributed by atoms with van der Waals surface area (Å²) in [6.45, 7) is 4.33. The van der Waals surface area contributed by atoms with Crippen molar-refractivity contribution >= 4 is 39.0 Å². The fraction of sp³-hybridized carbons (Fsp3) is 0.500. The lowest BCUT2D eigenvalue weighted by atomic mass is 9.95. The third-order valence-electron chi connectivity index (χ3n) is 3.11. The Hall–Kier alpha value is -0.870. The van der Waals surface area contributed by atoms with E-state index in [9.17, 15) is 0 Å². The Morgan fingerprint density at radius 3 is 3.00 bits per heavy atom. The molecule has 92 valence electrons. The topological polar surface area (TPSA) is 37.8 Å². The molecule has 2 aromatic rings. The zero-order chi connectivity index (χ0) is 12.3. The zero-order valence-corrected chi connectivity index (χ0v) is 11.6. The molecule has 3 nitrogen and oxygen atoms in total. The first-order chi connectivity index (χ1) is 8.18. The van der Waals surface area contributed by atoms with Crippen LogP contribution in [0.25, 0.3) is 10.2 Å². The van der Waals surface area contributed by atoms with Crippen molar-refractivity contribution in [1.82, 2.24) is 9.97 Å². The number of anilines is 1. The van der Waals surface area contributed by atoms with Crippen LogP contribution in [0.4, 0.5) is 5.82 Å². The standard InChI is InChI=1S/C12H16ClN3S/c1-3-12(2,5-6-13)16-10-9-4-7-17-11(9)15-8-14-10/h4,7-8H,3,5-6H2,1-2H3,(H,14,15,16). The average Bonchev–Trinajstić information content (AvgIpc) is 2.78. The molecule has 2 rings (SSSR count). The highest BCUT2D eigenvalue weighted by Gasteiger charge is 2.22. The molecule has 0 saturated heterocycles. The summed E-state index contributed by atoms with van der Waals surface area (Å²) in [5.41, 5.74) is -0.00896. The van der Waals surface area contributed by atoms with Gasteiger partial charge in [0.25, 0.3) is 0 Å². The van der Waals surface area contributed by atoms with E-state index in [1.165, 1.54) is 0 Å². The monoisotopic (exact) mass is 269 g/mol. The normalized spacial score (nSPS) is 14.8. The van der Waals surface area contributed by atoms with Crippen molar-refractivity contribution in [2.24, 2.45) is 0 Å². The van der Waals surface area contributed by atoms with Gasteiger partial charge >= 0.3 is 0 Å². The Kier molecular flexibility index (Phi) is 3.84. The summed E-state index contributed by atoms with van der Waals surface area (Å²) in [4.78, 5) is 9.60. The SMILES string of the molecule is CCC(C)(CCCl)Nc1ncnc2sccc12. The maximum absolute atomic E-state index is 5.86. The van der Waals surface area contributed by atoms with Gasteiger partial charge in [-0.15, -0.1) is 22.9 Å². The van der Waals surface area contributed by atoms with Gasteiger partial charge in [-0.3, -0.25) is 0 Å². The van der Waals surface area contributed by atoms with Crippen LogP contribution in [0.2, 0.25) is 0 Å².